The van der Waals surface area contributed by atoms with E-state index in [4.69, 9.17) is 0 Å². The molecule has 0 unspecified atom stereocenters. The largest absolute Gasteiger partial charge is 0.335 e. The number of urea groups is 2. The zero-order valence-corrected chi connectivity index (χ0v) is 13.6. The van der Waals surface area contributed by atoms with Crippen LogP contribution in [0.1, 0.15) is 12.5 Å². The number of hydrogen-bond donors (Lipinski definition) is 2. The van der Waals surface area contributed by atoms with E-state index in [1.54, 1.807) is 23.9 Å². The van der Waals surface area contributed by atoms with Gasteiger partial charge in [-0.2, -0.15) is 0 Å². The topological polar surface area (TPSA) is 64.7 Å². The van der Waals surface area contributed by atoms with Gasteiger partial charge in [0.2, 0.25) is 0 Å². The SMILES string of the molecule is C[C@@H]1NC(=O)N(C)[C@@H]2NC(=O)N(C)[C@H](/C=C/c3ccccc3)[C@H]12. The van der Waals surface area contributed by atoms with E-state index in [-0.39, 0.29) is 36.2 Å². The van der Waals surface area contributed by atoms with E-state index in [1.165, 1.54) is 0 Å². The van der Waals surface area contributed by atoms with Gasteiger partial charge in [0.1, 0.15) is 6.17 Å². The average molecular weight is 314 g/mol. The number of benzene rings is 1. The van der Waals surface area contributed by atoms with E-state index >= 15 is 0 Å². The van der Waals surface area contributed by atoms with Crippen LogP contribution in [-0.4, -0.2) is 54.2 Å². The van der Waals surface area contributed by atoms with E-state index in [1.807, 2.05) is 49.4 Å². The predicted octanol–water partition coefficient (Wildman–Crippen LogP) is 1.71. The van der Waals surface area contributed by atoms with Crippen LogP contribution in [0, 0.1) is 5.92 Å². The number of likely N-dealkylation sites (N-methyl/N-ethyl adjacent to an activating group) is 1. The van der Waals surface area contributed by atoms with Crippen molar-refractivity contribution >= 4 is 18.1 Å². The van der Waals surface area contributed by atoms with E-state index in [0.29, 0.717) is 0 Å². The van der Waals surface area contributed by atoms with Gasteiger partial charge in [-0.15, -0.1) is 0 Å². The van der Waals surface area contributed by atoms with Crippen LogP contribution in [-0.2, 0) is 0 Å². The summed E-state index contributed by atoms with van der Waals surface area (Å²) in [5.41, 5.74) is 1.09. The maximum atomic E-state index is 12.3. The minimum absolute atomic E-state index is 0.0304. The van der Waals surface area contributed by atoms with E-state index < -0.39 is 0 Å². The Morgan fingerprint density at radius 3 is 2.35 bits per heavy atom. The number of fused-ring (bicyclic) bond motifs is 1. The van der Waals surface area contributed by atoms with Crippen molar-refractivity contribution in [1.29, 1.82) is 0 Å². The van der Waals surface area contributed by atoms with Crippen molar-refractivity contribution < 1.29 is 9.59 Å². The van der Waals surface area contributed by atoms with Crippen molar-refractivity contribution in [1.82, 2.24) is 20.4 Å². The Morgan fingerprint density at radius 1 is 1.00 bits per heavy atom. The Hall–Kier alpha value is -2.50. The third-order valence-electron chi connectivity index (χ3n) is 4.75. The van der Waals surface area contributed by atoms with E-state index in [9.17, 15) is 9.59 Å². The average Bonchev–Trinajstić information content (AvgIpc) is 2.54. The molecule has 122 valence electrons. The normalized spacial score (nSPS) is 30.9. The molecule has 0 bridgehead atoms. The van der Waals surface area contributed by atoms with Crippen molar-refractivity contribution in [3.63, 3.8) is 0 Å². The van der Waals surface area contributed by atoms with Crippen LogP contribution in [0.2, 0.25) is 0 Å². The Kier molecular flexibility index (Phi) is 3.98. The molecule has 6 heteroatoms. The van der Waals surface area contributed by atoms with Gasteiger partial charge in [0.25, 0.3) is 0 Å². The molecule has 3 rings (SSSR count). The summed E-state index contributed by atoms with van der Waals surface area (Å²) in [6.07, 6.45) is 3.78. The lowest BCUT2D eigenvalue weighted by molar-refractivity contribution is 0.0407. The summed E-state index contributed by atoms with van der Waals surface area (Å²) < 4.78 is 0. The van der Waals surface area contributed by atoms with Crippen LogP contribution in [0.4, 0.5) is 9.59 Å². The van der Waals surface area contributed by atoms with Crippen LogP contribution >= 0.6 is 0 Å². The molecule has 1 aromatic carbocycles. The third kappa shape index (κ3) is 2.76. The lowest BCUT2D eigenvalue weighted by atomic mass is 9.84. The molecule has 1 aromatic rings. The van der Waals surface area contributed by atoms with Crippen LogP contribution in [0.15, 0.2) is 36.4 Å². The minimum atomic E-state index is -0.298. The number of carbonyl (C=O) groups is 2. The molecule has 4 amide bonds. The van der Waals surface area contributed by atoms with Gasteiger partial charge in [0, 0.05) is 26.1 Å². The summed E-state index contributed by atoms with van der Waals surface area (Å²) >= 11 is 0. The fraction of sp³-hybridized carbons (Fsp3) is 0.412. The fourth-order valence-corrected chi connectivity index (χ4v) is 3.38. The summed E-state index contributed by atoms with van der Waals surface area (Å²) in [5, 5.41) is 5.89. The van der Waals surface area contributed by atoms with Crippen LogP contribution in [0.5, 0.6) is 0 Å². The number of rotatable bonds is 2. The molecule has 2 aliphatic rings. The molecule has 0 spiro atoms. The highest BCUT2D eigenvalue weighted by Gasteiger charge is 2.48. The smallest absolute Gasteiger partial charge is 0.319 e. The molecule has 23 heavy (non-hydrogen) atoms. The molecule has 2 saturated heterocycles. The highest BCUT2D eigenvalue weighted by atomic mass is 16.2. The summed E-state index contributed by atoms with van der Waals surface area (Å²) in [5.74, 6) is 0.0698. The summed E-state index contributed by atoms with van der Waals surface area (Å²) in [4.78, 5) is 27.5. The van der Waals surface area contributed by atoms with Gasteiger partial charge >= 0.3 is 12.1 Å². The number of hydrogen-bond acceptors (Lipinski definition) is 2. The van der Waals surface area contributed by atoms with Crippen LogP contribution < -0.4 is 10.6 Å². The number of nitrogens with zero attached hydrogens (tertiary/aromatic N) is 2. The van der Waals surface area contributed by atoms with Gasteiger partial charge in [0.05, 0.1) is 6.04 Å². The molecular weight excluding hydrogens is 292 g/mol. The molecule has 0 saturated carbocycles. The number of nitrogens with one attached hydrogen (secondary N) is 2. The Morgan fingerprint density at radius 2 is 1.65 bits per heavy atom. The zero-order valence-electron chi connectivity index (χ0n) is 13.6. The Balaban J connectivity index is 1.91. The van der Waals surface area contributed by atoms with Crippen molar-refractivity contribution in [2.24, 2.45) is 5.92 Å². The summed E-state index contributed by atoms with van der Waals surface area (Å²) in [6, 6.07) is 9.54. The lowest BCUT2D eigenvalue weighted by Gasteiger charge is -2.51. The fourth-order valence-electron chi connectivity index (χ4n) is 3.38. The highest BCUT2D eigenvalue weighted by Crippen LogP contribution is 2.29. The van der Waals surface area contributed by atoms with Crippen molar-refractivity contribution in [2.75, 3.05) is 14.1 Å². The van der Waals surface area contributed by atoms with Gasteiger partial charge in [-0.25, -0.2) is 9.59 Å². The molecule has 0 radical (unpaired) electrons. The third-order valence-corrected chi connectivity index (χ3v) is 4.75. The summed E-state index contributed by atoms with van der Waals surface area (Å²) in [6.45, 7) is 1.98. The molecule has 0 aliphatic carbocycles. The van der Waals surface area contributed by atoms with Crippen molar-refractivity contribution in [3.05, 3.63) is 42.0 Å². The second-order valence-electron chi connectivity index (χ2n) is 6.19. The van der Waals surface area contributed by atoms with Gasteiger partial charge in [-0.05, 0) is 12.5 Å². The van der Waals surface area contributed by atoms with Crippen LogP contribution in [0.3, 0.4) is 0 Å². The van der Waals surface area contributed by atoms with E-state index in [0.717, 1.165) is 5.56 Å². The number of carbonyl (C=O) groups excluding carboxylic acids is 2. The van der Waals surface area contributed by atoms with Gasteiger partial charge in [-0.3, -0.25) is 0 Å². The quantitative estimate of drug-likeness (QED) is 0.873. The van der Waals surface area contributed by atoms with E-state index in [2.05, 4.69) is 10.6 Å². The molecule has 4 atom stereocenters. The van der Waals surface area contributed by atoms with Gasteiger partial charge < -0.3 is 20.4 Å². The molecule has 0 aromatic heterocycles. The maximum absolute atomic E-state index is 12.3. The molecular formula is C17H22N4O2. The lowest BCUT2D eigenvalue weighted by Crippen LogP contribution is -2.73. The first-order valence-electron chi connectivity index (χ1n) is 7.79. The minimum Gasteiger partial charge on any atom is -0.335 e. The molecule has 6 nitrogen and oxygen atoms in total. The molecule has 2 heterocycles. The van der Waals surface area contributed by atoms with Gasteiger partial charge in [-0.1, -0.05) is 42.5 Å². The maximum Gasteiger partial charge on any atom is 0.319 e. The zero-order chi connectivity index (χ0) is 16.6. The predicted molar refractivity (Wildman–Crippen MR) is 88.6 cm³/mol. The standard InChI is InChI=1S/C17H22N4O2/c1-11-14-13(10-9-12-7-5-4-6-8-12)20(2)17(23)19-15(14)21(3)16(22)18-11/h4-11,13-15H,1-3H3,(H,18,22)(H,19,23)/b10-9+/t11-,13+,14-,15-/m0/s1. The van der Waals surface area contributed by atoms with Crippen molar-refractivity contribution in [3.8, 4) is 0 Å². The monoisotopic (exact) mass is 314 g/mol. The second kappa shape index (κ2) is 5.95. The van der Waals surface area contributed by atoms with Gasteiger partial charge in [0.15, 0.2) is 0 Å². The second-order valence-corrected chi connectivity index (χ2v) is 6.19. The number of amides is 4. The molecule has 2 N–H and O–H groups in total. The first-order valence-corrected chi connectivity index (χ1v) is 7.79. The van der Waals surface area contributed by atoms with Crippen molar-refractivity contribution in [2.45, 2.75) is 25.2 Å². The first-order chi connectivity index (χ1) is 11.0. The summed E-state index contributed by atoms with van der Waals surface area (Å²) in [7, 11) is 3.50. The molecule has 2 fully saturated rings. The molecule has 2 aliphatic heterocycles. The highest BCUT2D eigenvalue weighted by molar-refractivity contribution is 5.80. The first kappa shape index (κ1) is 15.4. The Labute approximate surface area is 136 Å². The Bertz CT molecular complexity index is 631. The van der Waals surface area contributed by atoms with Crippen LogP contribution in [0.25, 0.3) is 6.08 Å².